The van der Waals surface area contributed by atoms with Crippen molar-refractivity contribution < 1.29 is 4.79 Å². The van der Waals surface area contributed by atoms with Crippen LogP contribution in [0.25, 0.3) is 5.69 Å². The zero-order chi connectivity index (χ0) is 18.8. The number of carbonyl (C=O) groups excluding carboxylic acids is 1. The summed E-state index contributed by atoms with van der Waals surface area (Å²) in [6.07, 6.45) is 4.17. The molecule has 1 amide bonds. The third-order valence-electron chi connectivity index (χ3n) is 4.93. The summed E-state index contributed by atoms with van der Waals surface area (Å²) in [5, 5.41) is 0.977. The van der Waals surface area contributed by atoms with E-state index < -0.39 is 0 Å². The number of thioether (sulfide) groups is 2. The quantitative estimate of drug-likeness (QED) is 0.581. The van der Waals surface area contributed by atoms with Gasteiger partial charge in [0.05, 0.1) is 22.0 Å². The number of fused-ring (bicyclic) bond motifs is 1. The van der Waals surface area contributed by atoms with Gasteiger partial charge in [0, 0.05) is 24.8 Å². The summed E-state index contributed by atoms with van der Waals surface area (Å²) < 4.78 is 1.66. The van der Waals surface area contributed by atoms with E-state index in [1.54, 1.807) is 16.3 Å². The van der Waals surface area contributed by atoms with Gasteiger partial charge >= 0.3 is 0 Å². The fourth-order valence-corrected chi connectivity index (χ4v) is 5.59. The summed E-state index contributed by atoms with van der Waals surface area (Å²) >= 11 is 2.98. The second-order valence-corrected chi connectivity index (χ2v) is 9.40. The number of para-hydroxylation sites is 1. The third-order valence-corrected chi connectivity index (χ3v) is 7.07. The Morgan fingerprint density at radius 1 is 1.22 bits per heavy atom. The van der Waals surface area contributed by atoms with Gasteiger partial charge in [0.25, 0.3) is 5.56 Å². The predicted octanol–water partition coefficient (Wildman–Crippen LogP) is 3.37. The standard InChI is InChI=1S/C20H23N3O2S2/c1-14-12-16-18(27-14)19(25)23(15-8-4-2-5-9-15)20(21-16)26-13-17(24)22-10-6-3-7-11-22/h2,4-5,8-9,14H,3,6-7,10-13H2,1H3/t14-/m1/s1. The molecule has 5 nitrogen and oxygen atoms in total. The van der Waals surface area contributed by atoms with Crippen LogP contribution in [0.5, 0.6) is 0 Å². The fourth-order valence-electron chi connectivity index (χ4n) is 3.56. The molecule has 0 aliphatic carbocycles. The Bertz CT molecular complexity index is 892. The van der Waals surface area contributed by atoms with E-state index in [0.29, 0.717) is 16.2 Å². The minimum atomic E-state index is -0.0199. The summed E-state index contributed by atoms with van der Waals surface area (Å²) in [5.41, 5.74) is 1.65. The zero-order valence-corrected chi connectivity index (χ0v) is 17.0. The van der Waals surface area contributed by atoms with E-state index in [1.165, 1.54) is 18.2 Å². The van der Waals surface area contributed by atoms with E-state index in [9.17, 15) is 9.59 Å². The van der Waals surface area contributed by atoms with Gasteiger partial charge in [-0.2, -0.15) is 0 Å². The van der Waals surface area contributed by atoms with Crippen molar-refractivity contribution in [3.8, 4) is 5.69 Å². The number of amides is 1. The van der Waals surface area contributed by atoms with Crippen molar-refractivity contribution in [2.45, 2.75) is 47.9 Å². The number of rotatable bonds is 4. The molecule has 0 N–H and O–H groups in total. The molecule has 1 saturated heterocycles. The lowest BCUT2D eigenvalue weighted by Crippen LogP contribution is -2.37. The maximum Gasteiger partial charge on any atom is 0.272 e. The molecule has 142 valence electrons. The van der Waals surface area contributed by atoms with Crippen molar-refractivity contribution in [2.24, 2.45) is 0 Å². The van der Waals surface area contributed by atoms with Gasteiger partial charge in [0.2, 0.25) is 5.91 Å². The molecule has 2 aliphatic heterocycles. The lowest BCUT2D eigenvalue weighted by molar-refractivity contribution is -0.129. The molecule has 0 bridgehead atoms. The number of carbonyl (C=O) groups is 1. The Kier molecular flexibility index (Phi) is 5.59. The molecule has 1 aromatic heterocycles. The lowest BCUT2D eigenvalue weighted by atomic mass is 10.1. The van der Waals surface area contributed by atoms with Gasteiger partial charge in [0.1, 0.15) is 0 Å². The van der Waals surface area contributed by atoms with Gasteiger partial charge in [-0.3, -0.25) is 14.2 Å². The van der Waals surface area contributed by atoms with Crippen LogP contribution in [-0.4, -0.2) is 44.5 Å². The number of nitrogens with zero attached hydrogens (tertiary/aromatic N) is 3. The van der Waals surface area contributed by atoms with E-state index in [2.05, 4.69) is 6.92 Å². The number of aromatic nitrogens is 2. The molecule has 0 spiro atoms. The van der Waals surface area contributed by atoms with E-state index in [-0.39, 0.29) is 11.5 Å². The van der Waals surface area contributed by atoms with Crippen molar-refractivity contribution in [2.75, 3.05) is 18.8 Å². The highest BCUT2D eigenvalue weighted by molar-refractivity contribution is 8.00. The normalized spacial score (nSPS) is 19.1. The average molecular weight is 402 g/mol. The number of benzene rings is 1. The van der Waals surface area contributed by atoms with Crippen LogP contribution in [0.15, 0.2) is 45.2 Å². The van der Waals surface area contributed by atoms with Gasteiger partial charge in [-0.05, 0) is 31.4 Å². The first-order valence-corrected chi connectivity index (χ1v) is 11.3. The van der Waals surface area contributed by atoms with Crippen LogP contribution in [-0.2, 0) is 11.2 Å². The molecule has 0 saturated carbocycles. The van der Waals surface area contributed by atoms with Crippen LogP contribution < -0.4 is 5.56 Å². The Balaban J connectivity index is 1.65. The monoisotopic (exact) mass is 401 g/mol. The molecule has 0 unspecified atom stereocenters. The molecular formula is C20H23N3O2S2. The smallest absolute Gasteiger partial charge is 0.272 e. The van der Waals surface area contributed by atoms with Gasteiger partial charge in [-0.25, -0.2) is 4.98 Å². The Labute approximate surface area is 167 Å². The third kappa shape index (κ3) is 3.94. The molecule has 2 aliphatic rings. The van der Waals surface area contributed by atoms with Crippen LogP contribution in [0.1, 0.15) is 31.9 Å². The van der Waals surface area contributed by atoms with Gasteiger partial charge in [-0.15, -0.1) is 11.8 Å². The minimum absolute atomic E-state index is 0.0199. The van der Waals surface area contributed by atoms with Crippen molar-refractivity contribution >= 4 is 29.4 Å². The Hall–Kier alpha value is -1.73. The molecule has 1 aromatic carbocycles. The maximum absolute atomic E-state index is 13.2. The maximum atomic E-state index is 13.2. The molecule has 2 aromatic rings. The van der Waals surface area contributed by atoms with E-state index in [4.69, 9.17) is 4.98 Å². The van der Waals surface area contributed by atoms with Gasteiger partial charge in [0.15, 0.2) is 5.16 Å². The molecule has 7 heteroatoms. The molecule has 3 heterocycles. The fraction of sp³-hybridized carbons (Fsp3) is 0.450. The van der Waals surface area contributed by atoms with Crippen LogP contribution in [0.4, 0.5) is 0 Å². The van der Waals surface area contributed by atoms with Crippen LogP contribution in [0.2, 0.25) is 0 Å². The van der Waals surface area contributed by atoms with Crippen molar-refractivity contribution in [3.63, 3.8) is 0 Å². The van der Waals surface area contributed by atoms with E-state index in [0.717, 1.165) is 48.6 Å². The molecule has 27 heavy (non-hydrogen) atoms. The number of hydrogen-bond donors (Lipinski definition) is 0. The highest BCUT2D eigenvalue weighted by atomic mass is 32.2. The number of hydrogen-bond acceptors (Lipinski definition) is 5. The van der Waals surface area contributed by atoms with Gasteiger partial charge < -0.3 is 4.90 Å². The molecule has 1 fully saturated rings. The summed E-state index contributed by atoms with van der Waals surface area (Å²) in [4.78, 5) is 33.2. The highest BCUT2D eigenvalue weighted by Gasteiger charge is 2.27. The van der Waals surface area contributed by atoms with Crippen molar-refractivity contribution in [1.29, 1.82) is 0 Å². The zero-order valence-electron chi connectivity index (χ0n) is 15.4. The van der Waals surface area contributed by atoms with Crippen LogP contribution in [0.3, 0.4) is 0 Å². The number of likely N-dealkylation sites (tertiary alicyclic amines) is 1. The lowest BCUT2D eigenvalue weighted by Gasteiger charge is -2.26. The SMILES string of the molecule is C[C@@H]1Cc2nc(SCC(=O)N3CCCCC3)n(-c3ccccc3)c(=O)c2S1. The second kappa shape index (κ2) is 8.10. The number of piperidine rings is 1. The molecule has 4 rings (SSSR count). The second-order valence-electron chi connectivity index (χ2n) is 7.01. The van der Waals surface area contributed by atoms with Crippen molar-refractivity contribution in [3.05, 3.63) is 46.4 Å². The highest BCUT2D eigenvalue weighted by Crippen LogP contribution is 2.34. The summed E-state index contributed by atoms with van der Waals surface area (Å²) in [7, 11) is 0. The van der Waals surface area contributed by atoms with E-state index >= 15 is 0 Å². The van der Waals surface area contributed by atoms with Crippen LogP contribution in [0, 0.1) is 0 Å². The summed E-state index contributed by atoms with van der Waals surface area (Å²) in [6, 6.07) is 9.58. The Morgan fingerprint density at radius 2 is 1.96 bits per heavy atom. The molecule has 1 atom stereocenters. The van der Waals surface area contributed by atoms with Crippen molar-refractivity contribution in [1.82, 2.24) is 14.5 Å². The first-order valence-electron chi connectivity index (χ1n) is 9.42. The average Bonchev–Trinajstić information content (AvgIpc) is 3.08. The minimum Gasteiger partial charge on any atom is -0.342 e. The first-order chi connectivity index (χ1) is 13.1. The first kappa shape index (κ1) is 18.6. The van der Waals surface area contributed by atoms with Crippen LogP contribution >= 0.6 is 23.5 Å². The Morgan fingerprint density at radius 3 is 2.70 bits per heavy atom. The van der Waals surface area contributed by atoms with E-state index in [1.807, 2.05) is 35.2 Å². The molecule has 0 radical (unpaired) electrons. The van der Waals surface area contributed by atoms with Gasteiger partial charge in [-0.1, -0.05) is 36.9 Å². The topological polar surface area (TPSA) is 55.2 Å². The largest absolute Gasteiger partial charge is 0.342 e. The molecular weight excluding hydrogens is 378 g/mol. The predicted molar refractivity (Wildman–Crippen MR) is 110 cm³/mol. The summed E-state index contributed by atoms with van der Waals surface area (Å²) in [5.74, 6) is 0.456. The summed E-state index contributed by atoms with van der Waals surface area (Å²) in [6.45, 7) is 3.80.